The van der Waals surface area contributed by atoms with Gasteiger partial charge in [0.15, 0.2) is 0 Å². The Hall–Kier alpha value is -0.890. The van der Waals surface area contributed by atoms with Gasteiger partial charge in [0.1, 0.15) is 0 Å². The molecule has 0 amide bonds. The van der Waals surface area contributed by atoms with Crippen LogP contribution in [0.25, 0.3) is 0 Å². The van der Waals surface area contributed by atoms with Crippen molar-refractivity contribution in [1.82, 2.24) is 4.98 Å². The van der Waals surface area contributed by atoms with Crippen LogP contribution in [0.4, 0.5) is 0 Å². The zero-order chi connectivity index (χ0) is 8.32. The molecule has 0 aliphatic carbocycles. The minimum absolute atomic E-state index is 0.00125. The predicted octanol–water partition coefficient (Wildman–Crippen LogP) is 1.32. The van der Waals surface area contributed by atoms with Crippen LogP contribution in [0.15, 0.2) is 24.4 Å². The second kappa shape index (κ2) is 3.01. The standard InChI is InChI=1S/C9H14N2/c1-9(2,7-10)8-5-3-4-6-11-8/h3-6H,7,10H2,1-2H3. The molecule has 2 nitrogen and oxygen atoms in total. The first kappa shape index (κ1) is 8.21. The number of rotatable bonds is 2. The summed E-state index contributed by atoms with van der Waals surface area (Å²) in [5, 5.41) is 0. The highest BCUT2D eigenvalue weighted by molar-refractivity contribution is 5.14. The van der Waals surface area contributed by atoms with Gasteiger partial charge in [-0.25, -0.2) is 0 Å². The summed E-state index contributed by atoms with van der Waals surface area (Å²) in [6.07, 6.45) is 1.80. The summed E-state index contributed by atoms with van der Waals surface area (Å²) >= 11 is 0. The third kappa shape index (κ3) is 1.77. The number of hydrogen-bond acceptors (Lipinski definition) is 2. The van der Waals surface area contributed by atoms with Crippen molar-refractivity contribution in [1.29, 1.82) is 0 Å². The summed E-state index contributed by atoms with van der Waals surface area (Å²) < 4.78 is 0. The third-order valence-corrected chi connectivity index (χ3v) is 1.87. The molecule has 1 rings (SSSR count). The molecule has 11 heavy (non-hydrogen) atoms. The number of pyridine rings is 1. The van der Waals surface area contributed by atoms with Crippen molar-refractivity contribution in [3.63, 3.8) is 0 Å². The fourth-order valence-electron chi connectivity index (χ4n) is 0.868. The molecule has 2 N–H and O–H groups in total. The Morgan fingerprint density at radius 2 is 2.18 bits per heavy atom. The van der Waals surface area contributed by atoms with E-state index in [0.29, 0.717) is 6.54 Å². The number of hydrogen-bond donors (Lipinski definition) is 1. The topological polar surface area (TPSA) is 38.9 Å². The van der Waals surface area contributed by atoms with Crippen LogP contribution in [-0.4, -0.2) is 11.5 Å². The molecule has 0 unspecified atom stereocenters. The van der Waals surface area contributed by atoms with Crippen molar-refractivity contribution in [3.05, 3.63) is 30.1 Å². The SMILES string of the molecule is CC(C)(CN)c1ccccn1. The summed E-state index contributed by atoms with van der Waals surface area (Å²) in [5.41, 5.74) is 6.66. The quantitative estimate of drug-likeness (QED) is 0.690. The van der Waals surface area contributed by atoms with E-state index in [0.717, 1.165) is 5.69 Å². The van der Waals surface area contributed by atoms with E-state index >= 15 is 0 Å². The minimum atomic E-state index is 0.00125. The molecular weight excluding hydrogens is 136 g/mol. The normalized spacial score (nSPS) is 11.5. The lowest BCUT2D eigenvalue weighted by atomic mass is 9.89. The Kier molecular flexibility index (Phi) is 2.25. The van der Waals surface area contributed by atoms with Crippen molar-refractivity contribution < 1.29 is 0 Å². The van der Waals surface area contributed by atoms with Gasteiger partial charge >= 0.3 is 0 Å². The zero-order valence-electron chi connectivity index (χ0n) is 7.04. The lowest BCUT2D eigenvalue weighted by Gasteiger charge is -2.20. The van der Waals surface area contributed by atoms with Crippen LogP contribution in [0.5, 0.6) is 0 Å². The van der Waals surface area contributed by atoms with Gasteiger partial charge in [0.2, 0.25) is 0 Å². The maximum atomic E-state index is 5.60. The summed E-state index contributed by atoms with van der Waals surface area (Å²) in [4.78, 5) is 4.24. The highest BCUT2D eigenvalue weighted by atomic mass is 14.7. The van der Waals surface area contributed by atoms with Crippen LogP contribution in [0, 0.1) is 0 Å². The summed E-state index contributed by atoms with van der Waals surface area (Å²) in [5.74, 6) is 0. The second-order valence-corrected chi connectivity index (χ2v) is 3.30. The predicted molar refractivity (Wildman–Crippen MR) is 46.3 cm³/mol. The van der Waals surface area contributed by atoms with E-state index in [-0.39, 0.29) is 5.41 Å². The molecular formula is C9H14N2. The van der Waals surface area contributed by atoms with Gasteiger partial charge in [0, 0.05) is 23.9 Å². The minimum Gasteiger partial charge on any atom is -0.330 e. The van der Waals surface area contributed by atoms with E-state index in [1.165, 1.54) is 0 Å². The van der Waals surface area contributed by atoms with Crippen molar-refractivity contribution in [3.8, 4) is 0 Å². The summed E-state index contributed by atoms with van der Waals surface area (Å²) in [6.45, 7) is 4.81. The van der Waals surface area contributed by atoms with Crippen LogP contribution in [-0.2, 0) is 5.41 Å². The molecule has 0 spiro atoms. The first-order valence-electron chi connectivity index (χ1n) is 3.78. The third-order valence-electron chi connectivity index (χ3n) is 1.87. The molecule has 0 saturated carbocycles. The molecule has 0 aliphatic heterocycles. The van der Waals surface area contributed by atoms with E-state index in [4.69, 9.17) is 5.73 Å². The highest BCUT2D eigenvalue weighted by Gasteiger charge is 2.18. The van der Waals surface area contributed by atoms with Gasteiger partial charge in [0.05, 0.1) is 0 Å². The Morgan fingerprint density at radius 1 is 1.45 bits per heavy atom. The van der Waals surface area contributed by atoms with Gasteiger partial charge in [-0.15, -0.1) is 0 Å². The monoisotopic (exact) mass is 150 g/mol. The zero-order valence-corrected chi connectivity index (χ0v) is 7.04. The molecule has 0 fully saturated rings. The maximum absolute atomic E-state index is 5.60. The Bertz CT molecular complexity index is 216. The second-order valence-electron chi connectivity index (χ2n) is 3.30. The molecule has 0 aromatic carbocycles. The van der Waals surface area contributed by atoms with Crippen LogP contribution >= 0.6 is 0 Å². The summed E-state index contributed by atoms with van der Waals surface area (Å²) in [6, 6.07) is 5.91. The summed E-state index contributed by atoms with van der Waals surface area (Å²) in [7, 11) is 0. The molecule has 0 bridgehead atoms. The Morgan fingerprint density at radius 3 is 2.64 bits per heavy atom. The lowest BCUT2D eigenvalue weighted by Crippen LogP contribution is -2.28. The van der Waals surface area contributed by atoms with Crippen LogP contribution in [0.1, 0.15) is 19.5 Å². The molecule has 0 aliphatic rings. The lowest BCUT2D eigenvalue weighted by molar-refractivity contribution is 0.522. The first-order valence-corrected chi connectivity index (χ1v) is 3.78. The smallest absolute Gasteiger partial charge is 0.0472 e. The van der Waals surface area contributed by atoms with Crippen molar-refractivity contribution in [2.75, 3.05) is 6.54 Å². The highest BCUT2D eigenvalue weighted by Crippen LogP contribution is 2.17. The molecule has 0 atom stereocenters. The molecule has 0 radical (unpaired) electrons. The molecule has 1 heterocycles. The molecule has 1 aromatic heterocycles. The van der Waals surface area contributed by atoms with Gasteiger partial charge in [-0.3, -0.25) is 4.98 Å². The molecule has 2 heteroatoms. The van der Waals surface area contributed by atoms with E-state index < -0.39 is 0 Å². The van der Waals surface area contributed by atoms with Gasteiger partial charge < -0.3 is 5.73 Å². The van der Waals surface area contributed by atoms with Gasteiger partial charge in [-0.2, -0.15) is 0 Å². The largest absolute Gasteiger partial charge is 0.330 e. The molecule has 1 aromatic rings. The van der Waals surface area contributed by atoms with Crippen LogP contribution < -0.4 is 5.73 Å². The fraction of sp³-hybridized carbons (Fsp3) is 0.444. The van der Waals surface area contributed by atoms with Crippen LogP contribution in [0.2, 0.25) is 0 Å². The maximum Gasteiger partial charge on any atom is 0.0472 e. The van der Waals surface area contributed by atoms with E-state index in [1.54, 1.807) is 6.20 Å². The molecule has 60 valence electrons. The van der Waals surface area contributed by atoms with Crippen molar-refractivity contribution in [2.24, 2.45) is 5.73 Å². The Balaban J connectivity index is 2.93. The van der Waals surface area contributed by atoms with Crippen LogP contribution in [0.3, 0.4) is 0 Å². The Labute approximate surface area is 67.5 Å². The average molecular weight is 150 g/mol. The fourth-order valence-corrected chi connectivity index (χ4v) is 0.868. The first-order chi connectivity index (χ1) is 5.17. The van der Waals surface area contributed by atoms with Crippen molar-refractivity contribution >= 4 is 0 Å². The van der Waals surface area contributed by atoms with E-state index in [1.807, 2.05) is 18.2 Å². The van der Waals surface area contributed by atoms with Gasteiger partial charge in [0.25, 0.3) is 0 Å². The van der Waals surface area contributed by atoms with Gasteiger partial charge in [-0.05, 0) is 12.1 Å². The van der Waals surface area contributed by atoms with Crippen molar-refractivity contribution in [2.45, 2.75) is 19.3 Å². The number of aromatic nitrogens is 1. The van der Waals surface area contributed by atoms with E-state index in [9.17, 15) is 0 Å². The number of nitrogens with zero attached hydrogens (tertiary/aromatic N) is 1. The number of nitrogens with two attached hydrogens (primary N) is 1. The average Bonchev–Trinajstić information content (AvgIpc) is 2.06. The molecule has 0 saturated heterocycles. The van der Waals surface area contributed by atoms with Gasteiger partial charge in [-0.1, -0.05) is 19.9 Å². The van der Waals surface area contributed by atoms with E-state index in [2.05, 4.69) is 18.8 Å².